The van der Waals surface area contributed by atoms with Crippen molar-refractivity contribution < 1.29 is 27.1 Å². The Bertz CT molecular complexity index is 792. The van der Waals surface area contributed by atoms with E-state index in [1.165, 1.54) is 23.4 Å². The topological polar surface area (TPSA) is 42.4 Å². The summed E-state index contributed by atoms with van der Waals surface area (Å²) in [6.45, 7) is 1.16. The number of nitrogens with zero attached hydrogens (tertiary/aromatic N) is 2. The van der Waals surface area contributed by atoms with E-state index >= 15 is 0 Å². The van der Waals surface area contributed by atoms with Crippen LogP contribution in [0.1, 0.15) is 17.5 Å². The first-order chi connectivity index (χ1) is 11.8. The normalized spacial score (nSPS) is 15.2. The summed E-state index contributed by atoms with van der Waals surface area (Å²) in [5.41, 5.74) is -0.0677. The second-order valence-electron chi connectivity index (χ2n) is 5.66. The highest BCUT2D eigenvalue weighted by atomic mass is 19.4. The molecule has 0 bridgehead atoms. The summed E-state index contributed by atoms with van der Waals surface area (Å²) in [5.74, 6) is -1.32. The molecule has 1 aliphatic rings. The maximum absolute atomic E-state index is 13.4. The minimum absolute atomic E-state index is 0.198. The van der Waals surface area contributed by atoms with Gasteiger partial charge in [0.1, 0.15) is 5.82 Å². The van der Waals surface area contributed by atoms with Gasteiger partial charge in [-0.1, -0.05) is 6.07 Å². The number of ether oxygens (including phenoxy) is 1. The number of benzene rings is 1. The van der Waals surface area contributed by atoms with Gasteiger partial charge >= 0.3 is 12.3 Å². The van der Waals surface area contributed by atoms with Crippen molar-refractivity contribution in [1.82, 2.24) is 9.88 Å². The molecule has 0 spiro atoms. The van der Waals surface area contributed by atoms with Gasteiger partial charge in [-0.15, -0.1) is 0 Å². The highest BCUT2D eigenvalue weighted by Crippen LogP contribution is 2.34. The number of pyridine rings is 1. The number of hydrogen-bond donors (Lipinski definition) is 0. The maximum Gasteiger partial charge on any atom is 0.419 e. The summed E-state index contributed by atoms with van der Waals surface area (Å²) in [4.78, 5) is 17.2. The van der Waals surface area contributed by atoms with E-state index in [0.717, 1.165) is 12.1 Å². The van der Waals surface area contributed by atoms with E-state index in [-0.39, 0.29) is 12.1 Å². The number of carbonyl (C=O) groups is 1. The molecule has 4 nitrogen and oxygen atoms in total. The van der Waals surface area contributed by atoms with E-state index in [0.29, 0.717) is 30.7 Å². The Hall–Kier alpha value is -2.64. The summed E-state index contributed by atoms with van der Waals surface area (Å²) in [7, 11) is 0. The summed E-state index contributed by atoms with van der Waals surface area (Å²) in [6.07, 6.45) is -1.57. The molecule has 0 atom stereocenters. The predicted molar refractivity (Wildman–Crippen MR) is 81.0 cm³/mol. The predicted octanol–water partition coefficient (Wildman–Crippen LogP) is 4.25. The monoisotopic (exact) mass is 354 g/mol. The van der Waals surface area contributed by atoms with Gasteiger partial charge in [-0.2, -0.15) is 13.2 Å². The lowest BCUT2D eigenvalue weighted by Crippen LogP contribution is -2.37. The van der Waals surface area contributed by atoms with E-state index in [1.54, 1.807) is 6.07 Å². The molecule has 1 saturated heterocycles. The molecule has 0 unspecified atom stereocenters. The van der Waals surface area contributed by atoms with E-state index in [1.807, 2.05) is 0 Å². The van der Waals surface area contributed by atoms with Crippen LogP contribution in [0.5, 0.6) is 0 Å². The smallest absolute Gasteiger partial charge is 0.419 e. The lowest BCUT2D eigenvalue weighted by molar-refractivity contribution is -0.139. The molecule has 1 aromatic carbocycles. The van der Waals surface area contributed by atoms with E-state index in [2.05, 4.69) is 4.98 Å². The van der Waals surface area contributed by atoms with Crippen molar-refractivity contribution in [1.29, 1.82) is 0 Å². The Morgan fingerprint density at radius 2 is 1.96 bits per heavy atom. The SMILES string of the molecule is O=C1OCCCN1Cc1cncc(-c2ccc(F)c(C(F)(F)F)c2)c1. The molecule has 8 heteroatoms. The number of amides is 1. The molecule has 1 amide bonds. The third-order valence-corrected chi connectivity index (χ3v) is 3.83. The van der Waals surface area contributed by atoms with Crippen LogP contribution in [0.2, 0.25) is 0 Å². The Morgan fingerprint density at radius 3 is 2.68 bits per heavy atom. The van der Waals surface area contributed by atoms with Crippen molar-refractivity contribution in [3.63, 3.8) is 0 Å². The van der Waals surface area contributed by atoms with Gasteiger partial charge in [-0.3, -0.25) is 4.98 Å². The molecule has 0 N–H and O–H groups in total. The highest BCUT2D eigenvalue weighted by Gasteiger charge is 2.34. The fourth-order valence-electron chi connectivity index (χ4n) is 2.62. The lowest BCUT2D eigenvalue weighted by atomic mass is 10.0. The standard InChI is InChI=1S/C17H14F4N2O2/c18-15-3-2-12(7-14(15)17(19,20)21)13-6-11(8-22-9-13)10-23-4-1-5-25-16(23)24/h2-3,6-9H,1,4-5,10H2. The molecule has 0 aliphatic carbocycles. The van der Waals surface area contributed by atoms with Crippen molar-refractivity contribution in [2.45, 2.75) is 19.1 Å². The van der Waals surface area contributed by atoms with E-state index < -0.39 is 23.7 Å². The largest absolute Gasteiger partial charge is 0.449 e. The zero-order valence-electron chi connectivity index (χ0n) is 13.0. The molecule has 3 rings (SSSR count). The molecule has 1 aliphatic heterocycles. The van der Waals surface area contributed by atoms with Crippen molar-refractivity contribution in [2.75, 3.05) is 13.2 Å². The molecular formula is C17H14F4N2O2. The number of cyclic esters (lactones) is 1. The minimum atomic E-state index is -4.78. The Kier molecular flexibility index (Phi) is 4.61. The zero-order valence-corrected chi connectivity index (χ0v) is 13.0. The van der Waals surface area contributed by atoms with Gasteiger partial charge < -0.3 is 9.64 Å². The van der Waals surface area contributed by atoms with Crippen LogP contribution in [0.4, 0.5) is 22.4 Å². The van der Waals surface area contributed by atoms with Crippen molar-refractivity contribution in [2.24, 2.45) is 0 Å². The second kappa shape index (κ2) is 6.70. The van der Waals surface area contributed by atoms with Gasteiger partial charge in [0.05, 0.1) is 18.7 Å². The number of rotatable bonds is 3. The zero-order chi connectivity index (χ0) is 18.0. The number of halogens is 4. The van der Waals surface area contributed by atoms with Gasteiger partial charge in [-0.05, 0) is 35.7 Å². The number of carbonyl (C=O) groups excluding carboxylic acids is 1. The minimum Gasteiger partial charge on any atom is -0.449 e. The van der Waals surface area contributed by atoms with Crippen LogP contribution in [0.25, 0.3) is 11.1 Å². The molecule has 1 fully saturated rings. The van der Waals surface area contributed by atoms with Gasteiger partial charge in [0.2, 0.25) is 0 Å². The summed E-state index contributed by atoms with van der Waals surface area (Å²) in [5, 5.41) is 0. The summed E-state index contributed by atoms with van der Waals surface area (Å²) in [6, 6.07) is 4.43. The van der Waals surface area contributed by atoms with Crippen molar-refractivity contribution in [3.05, 3.63) is 53.6 Å². The van der Waals surface area contributed by atoms with Crippen molar-refractivity contribution in [3.8, 4) is 11.1 Å². The average molecular weight is 354 g/mol. The summed E-state index contributed by atoms with van der Waals surface area (Å²) < 4.78 is 56.9. The third-order valence-electron chi connectivity index (χ3n) is 3.83. The summed E-state index contributed by atoms with van der Waals surface area (Å²) >= 11 is 0. The van der Waals surface area contributed by atoms with Crippen LogP contribution in [-0.4, -0.2) is 29.1 Å². The van der Waals surface area contributed by atoms with Crippen LogP contribution < -0.4 is 0 Å². The van der Waals surface area contributed by atoms with Crippen LogP contribution >= 0.6 is 0 Å². The van der Waals surface area contributed by atoms with Crippen LogP contribution in [0, 0.1) is 5.82 Å². The molecule has 0 saturated carbocycles. The van der Waals surface area contributed by atoms with Gasteiger partial charge in [0.15, 0.2) is 0 Å². The highest BCUT2D eigenvalue weighted by molar-refractivity contribution is 5.68. The molecular weight excluding hydrogens is 340 g/mol. The third kappa shape index (κ3) is 3.89. The molecule has 132 valence electrons. The fraction of sp³-hybridized carbons (Fsp3) is 0.294. The first kappa shape index (κ1) is 17.2. The van der Waals surface area contributed by atoms with Crippen LogP contribution in [0.3, 0.4) is 0 Å². The average Bonchev–Trinajstić information content (AvgIpc) is 2.57. The van der Waals surface area contributed by atoms with Gasteiger partial charge in [0, 0.05) is 24.5 Å². The quantitative estimate of drug-likeness (QED) is 0.774. The molecule has 25 heavy (non-hydrogen) atoms. The lowest BCUT2D eigenvalue weighted by Gasteiger charge is -2.26. The van der Waals surface area contributed by atoms with E-state index in [9.17, 15) is 22.4 Å². The first-order valence-electron chi connectivity index (χ1n) is 7.57. The molecule has 2 aromatic rings. The fourth-order valence-corrected chi connectivity index (χ4v) is 2.62. The van der Waals surface area contributed by atoms with Crippen LogP contribution in [-0.2, 0) is 17.5 Å². The van der Waals surface area contributed by atoms with Crippen molar-refractivity contribution >= 4 is 6.09 Å². The number of alkyl halides is 3. The second-order valence-corrected chi connectivity index (χ2v) is 5.66. The van der Waals surface area contributed by atoms with Gasteiger partial charge in [-0.25, -0.2) is 9.18 Å². The number of aromatic nitrogens is 1. The van der Waals surface area contributed by atoms with Gasteiger partial charge in [0.25, 0.3) is 0 Å². The van der Waals surface area contributed by atoms with Crippen LogP contribution in [0.15, 0.2) is 36.7 Å². The first-order valence-corrected chi connectivity index (χ1v) is 7.57. The Balaban J connectivity index is 1.88. The molecule has 0 radical (unpaired) electrons. The Labute approximate surface area is 141 Å². The molecule has 1 aromatic heterocycles. The maximum atomic E-state index is 13.4. The van der Waals surface area contributed by atoms with E-state index in [4.69, 9.17) is 4.74 Å². The number of hydrogen-bond acceptors (Lipinski definition) is 3. The Morgan fingerprint density at radius 1 is 1.16 bits per heavy atom. The molecule has 2 heterocycles.